The first-order valence-corrected chi connectivity index (χ1v) is 6.83. The molecule has 0 atom stereocenters. The van der Waals surface area contributed by atoms with E-state index in [0.717, 1.165) is 5.56 Å². The molecular formula is C12H15F2NO3S. The first-order chi connectivity index (χ1) is 9.06. The van der Waals surface area contributed by atoms with E-state index in [-0.39, 0.29) is 17.4 Å². The molecule has 7 heteroatoms. The van der Waals surface area contributed by atoms with E-state index in [1.54, 1.807) is 12.1 Å². The normalized spacial score (nSPS) is 10.4. The van der Waals surface area contributed by atoms with Crippen LogP contribution in [0.2, 0.25) is 0 Å². The van der Waals surface area contributed by atoms with Crippen LogP contribution in [0.15, 0.2) is 18.2 Å². The summed E-state index contributed by atoms with van der Waals surface area (Å²) in [6.07, 6.45) is 1.83. The van der Waals surface area contributed by atoms with Crippen LogP contribution in [0.5, 0.6) is 11.5 Å². The summed E-state index contributed by atoms with van der Waals surface area (Å²) < 4.78 is 33.6. The lowest BCUT2D eigenvalue weighted by atomic mass is 10.2. The fourth-order valence-electron chi connectivity index (χ4n) is 1.40. The summed E-state index contributed by atoms with van der Waals surface area (Å²) in [5.41, 5.74) is 0.743. The molecule has 0 aliphatic rings. The van der Waals surface area contributed by atoms with E-state index in [4.69, 9.17) is 4.74 Å². The maximum absolute atomic E-state index is 12.1. The molecule has 0 spiro atoms. The maximum atomic E-state index is 12.1. The van der Waals surface area contributed by atoms with Gasteiger partial charge in [-0.05, 0) is 24.0 Å². The number of methoxy groups -OCH3 is 1. The summed E-state index contributed by atoms with van der Waals surface area (Å²) in [4.78, 5) is 11.3. The van der Waals surface area contributed by atoms with E-state index in [2.05, 4.69) is 10.1 Å². The number of benzene rings is 1. The number of hydrogen-bond acceptors (Lipinski definition) is 4. The van der Waals surface area contributed by atoms with E-state index in [0.29, 0.717) is 12.3 Å². The van der Waals surface area contributed by atoms with Crippen molar-refractivity contribution in [1.29, 1.82) is 0 Å². The van der Waals surface area contributed by atoms with Crippen LogP contribution in [-0.2, 0) is 11.3 Å². The van der Waals surface area contributed by atoms with Gasteiger partial charge in [-0.25, -0.2) is 0 Å². The van der Waals surface area contributed by atoms with E-state index < -0.39 is 6.61 Å². The highest BCUT2D eigenvalue weighted by Crippen LogP contribution is 2.29. The Kier molecular flexibility index (Phi) is 6.41. The van der Waals surface area contributed by atoms with Crippen LogP contribution in [0.1, 0.15) is 5.56 Å². The third kappa shape index (κ3) is 5.34. The number of alkyl halides is 2. The minimum absolute atomic E-state index is 0.0308. The number of ether oxygens (including phenoxy) is 2. The van der Waals surface area contributed by atoms with E-state index in [9.17, 15) is 13.6 Å². The lowest BCUT2D eigenvalue weighted by Gasteiger charge is -2.11. The zero-order chi connectivity index (χ0) is 14.3. The molecule has 0 aliphatic carbocycles. The number of carbonyl (C=O) groups is 1. The maximum Gasteiger partial charge on any atom is 0.387 e. The van der Waals surface area contributed by atoms with Crippen LogP contribution in [0, 0.1) is 0 Å². The second kappa shape index (κ2) is 7.83. The minimum Gasteiger partial charge on any atom is -0.493 e. The van der Waals surface area contributed by atoms with E-state index in [1.165, 1.54) is 24.9 Å². The molecule has 0 bridgehead atoms. The lowest BCUT2D eigenvalue weighted by molar-refractivity contribution is -0.118. The Hall–Kier alpha value is -1.50. The highest BCUT2D eigenvalue weighted by Gasteiger charge is 2.11. The molecule has 19 heavy (non-hydrogen) atoms. The van der Waals surface area contributed by atoms with Crippen molar-refractivity contribution in [3.8, 4) is 11.5 Å². The van der Waals surface area contributed by atoms with Crippen molar-refractivity contribution in [3.63, 3.8) is 0 Å². The van der Waals surface area contributed by atoms with Gasteiger partial charge in [0.05, 0.1) is 12.9 Å². The first kappa shape index (κ1) is 15.6. The molecule has 1 N–H and O–H groups in total. The Morgan fingerprint density at radius 1 is 1.42 bits per heavy atom. The van der Waals surface area contributed by atoms with Crippen LogP contribution in [0.3, 0.4) is 0 Å². The van der Waals surface area contributed by atoms with Crippen LogP contribution in [0.4, 0.5) is 8.78 Å². The number of nitrogens with one attached hydrogen (secondary N) is 1. The van der Waals surface area contributed by atoms with E-state index in [1.807, 2.05) is 6.26 Å². The van der Waals surface area contributed by atoms with Gasteiger partial charge in [0.25, 0.3) is 0 Å². The highest BCUT2D eigenvalue weighted by atomic mass is 32.2. The third-order valence-corrected chi connectivity index (χ3v) is 2.76. The molecule has 0 aliphatic heterocycles. The topological polar surface area (TPSA) is 47.6 Å². The van der Waals surface area contributed by atoms with Crippen molar-refractivity contribution in [3.05, 3.63) is 23.8 Å². The number of carbonyl (C=O) groups excluding carboxylic acids is 1. The monoisotopic (exact) mass is 291 g/mol. The molecule has 106 valence electrons. The van der Waals surface area contributed by atoms with Crippen LogP contribution >= 0.6 is 11.8 Å². The number of thioether (sulfide) groups is 1. The van der Waals surface area contributed by atoms with Crippen molar-refractivity contribution in [1.82, 2.24) is 5.32 Å². The fraction of sp³-hybridized carbons (Fsp3) is 0.417. The molecule has 1 aromatic carbocycles. The van der Waals surface area contributed by atoms with Gasteiger partial charge in [-0.3, -0.25) is 4.79 Å². The first-order valence-electron chi connectivity index (χ1n) is 5.44. The van der Waals surface area contributed by atoms with E-state index >= 15 is 0 Å². The second-order valence-corrected chi connectivity index (χ2v) is 4.44. The molecule has 4 nitrogen and oxygen atoms in total. The fourth-order valence-corrected chi connectivity index (χ4v) is 1.76. The molecule has 0 radical (unpaired) electrons. The van der Waals surface area contributed by atoms with Crippen LogP contribution in [-0.4, -0.2) is 31.6 Å². The molecule has 0 saturated heterocycles. The summed E-state index contributed by atoms with van der Waals surface area (Å²) in [5.74, 6) is 0.469. The molecule has 0 heterocycles. The molecule has 1 rings (SSSR count). The summed E-state index contributed by atoms with van der Waals surface area (Å²) in [5, 5.41) is 2.71. The summed E-state index contributed by atoms with van der Waals surface area (Å²) in [7, 11) is 1.36. The summed E-state index contributed by atoms with van der Waals surface area (Å²) in [6.45, 7) is -2.59. The number of amides is 1. The summed E-state index contributed by atoms with van der Waals surface area (Å²) >= 11 is 1.42. The molecule has 0 fully saturated rings. The molecule has 1 amide bonds. The smallest absolute Gasteiger partial charge is 0.387 e. The van der Waals surface area contributed by atoms with Gasteiger partial charge >= 0.3 is 6.61 Å². The van der Waals surface area contributed by atoms with Gasteiger partial charge in [0, 0.05) is 6.54 Å². The van der Waals surface area contributed by atoms with Crippen molar-refractivity contribution >= 4 is 17.7 Å². The highest BCUT2D eigenvalue weighted by molar-refractivity contribution is 7.99. The van der Waals surface area contributed by atoms with Gasteiger partial charge in [0.1, 0.15) is 0 Å². The minimum atomic E-state index is -2.90. The van der Waals surface area contributed by atoms with Crippen molar-refractivity contribution < 1.29 is 23.0 Å². The van der Waals surface area contributed by atoms with Crippen molar-refractivity contribution in [2.75, 3.05) is 19.1 Å². The Morgan fingerprint density at radius 3 is 2.74 bits per heavy atom. The molecule has 0 unspecified atom stereocenters. The van der Waals surface area contributed by atoms with Crippen molar-refractivity contribution in [2.45, 2.75) is 13.2 Å². The van der Waals surface area contributed by atoms with Gasteiger partial charge in [-0.2, -0.15) is 20.5 Å². The Morgan fingerprint density at radius 2 is 2.16 bits per heavy atom. The molecule has 0 saturated carbocycles. The van der Waals surface area contributed by atoms with Gasteiger partial charge < -0.3 is 14.8 Å². The van der Waals surface area contributed by atoms with Gasteiger partial charge in [-0.1, -0.05) is 6.07 Å². The van der Waals surface area contributed by atoms with Crippen LogP contribution in [0.25, 0.3) is 0 Å². The Balaban J connectivity index is 2.68. The third-order valence-electron chi connectivity index (χ3n) is 2.21. The Labute approximate surface area is 114 Å². The van der Waals surface area contributed by atoms with Gasteiger partial charge in [-0.15, -0.1) is 0 Å². The van der Waals surface area contributed by atoms with Crippen molar-refractivity contribution in [2.24, 2.45) is 0 Å². The average molecular weight is 291 g/mol. The summed E-state index contributed by atoms with van der Waals surface area (Å²) in [6, 6.07) is 4.54. The molecular weight excluding hydrogens is 276 g/mol. The predicted octanol–water partition coefficient (Wildman–Crippen LogP) is 2.28. The quantitative estimate of drug-likeness (QED) is 0.837. The lowest BCUT2D eigenvalue weighted by Crippen LogP contribution is -2.24. The Bertz CT molecular complexity index is 429. The zero-order valence-corrected chi connectivity index (χ0v) is 11.4. The standard InChI is InChI=1S/C12H15F2NO3S/c1-17-10-5-8(6-15-11(16)7-19-2)3-4-9(10)18-12(13)14/h3-5,12H,6-7H2,1-2H3,(H,15,16). The average Bonchev–Trinajstić information content (AvgIpc) is 2.37. The second-order valence-electron chi connectivity index (χ2n) is 3.57. The van der Waals surface area contributed by atoms with Crippen LogP contribution < -0.4 is 14.8 Å². The van der Waals surface area contributed by atoms with Gasteiger partial charge in [0.2, 0.25) is 5.91 Å². The van der Waals surface area contributed by atoms with Gasteiger partial charge in [0.15, 0.2) is 11.5 Å². The number of rotatable bonds is 7. The molecule has 1 aromatic rings. The predicted molar refractivity (Wildman–Crippen MR) is 69.9 cm³/mol. The zero-order valence-electron chi connectivity index (χ0n) is 10.6. The largest absolute Gasteiger partial charge is 0.493 e. The SMILES string of the molecule is COc1cc(CNC(=O)CSC)ccc1OC(F)F. The number of hydrogen-bond donors (Lipinski definition) is 1. The molecule has 0 aromatic heterocycles. The number of halogens is 2.